The van der Waals surface area contributed by atoms with Gasteiger partial charge in [0.05, 0.1) is 23.8 Å². The number of hydrogen-bond acceptors (Lipinski definition) is 6. The minimum Gasteiger partial charge on any atom is -0.477 e. The minimum absolute atomic E-state index is 0.277. The number of carbonyl (C=O) groups excluding carboxylic acids is 1. The summed E-state index contributed by atoms with van der Waals surface area (Å²) in [5.41, 5.74) is 0. The van der Waals surface area contributed by atoms with E-state index in [0.29, 0.717) is 25.0 Å². The van der Waals surface area contributed by atoms with Crippen LogP contribution in [-0.2, 0) is 4.79 Å². The van der Waals surface area contributed by atoms with Gasteiger partial charge in [0.15, 0.2) is 0 Å². The van der Waals surface area contributed by atoms with Crippen LogP contribution < -0.4 is 9.64 Å². The van der Waals surface area contributed by atoms with Crippen molar-refractivity contribution >= 4 is 27.8 Å². The van der Waals surface area contributed by atoms with Crippen molar-refractivity contribution in [1.82, 2.24) is 19.8 Å². The standard InChI is InChI=1S/C18H28BrN5O2/c1-2-26-17-15(19)13-20-18(21-17)24-11-9-22(10-12-24)14-16(25)23-7-5-3-4-6-8-23/h13H,2-12,14H2,1H3. The number of nitrogens with zero attached hydrogens (tertiary/aromatic N) is 5. The van der Waals surface area contributed by atoms with E-state index in [-0.39, 0.29) is 5.91 Å². The lowest BCUT2D eigenvalue weighted by molar-refractivity contribution is -0.132. The second kappa shape index (κ2) is 9.50. The zero-order valence-corrected chi connectivity index (χ0v) is 17.1. The van der Waals surface area contributed by atoms with Crippen molar-refractivity contribution in [2.45, 2.75) is 32.6 Å². The van der Waals surface area contributed by atoms with Gasteiger partial charge in [0, 0.05) is 39.3 Å². The molecule has 1 aromatic heterocycles. The van der Waals surface area contributed by atoms with E-state index >= 15 is 0 Å². The Bertz CT molecular complexity index is 599. The lowest BCUT2D eigenvalue weighted by atomic mass is 10.2. The molecule has 2 saturated heterocycles. The van der Waals surface area contributed by atoms with Crippen molar-refractivity contribution < 1.29 is 9.53 Å². The number of rotatable bonds is 5. The first-order chi connectivity index (χ1) is 12.7. The summed E-state index contributed by atoms with van der Waals surface area (Å²) < 4.78 is 6.30. The van der Waals surface area contributed by atoms with E-state index in [2.05, 4.69) is 35.7 Å². The van der Waals surface area contributed by atoms with Gasteiger partial charge in [-0.1, -0.05) is 12.8 Å². The van der Waals surface area contributed by atoms with E-state index in [1.54, 1.807) is 6.20 Å². The highest BCUT2D eigenvalue weighted by atomic mass is 79.9. The molecule has 144 valence electrons. The Hall–Kier alpha value is -1.41. The Morgan fingerprint density at radius 3 is 2.46 bits per heavy atom. The first-order valence-electron chi connectivity index (χ1n) is 9.58. The van der Waals surface area contributed by atoms with Gasteiger partial charge in [-0.3, -0.25) is 9.69 Å². The van der Waals surface area contributed by atoms with E-state index in [0.717, 1.165) is 56.6 Å². The van der Waals surface area contributed by atoms with Gasteiger partial charge in [0.1, 0.15) is 0 Å². The fraction of sp³-hybridized carbons (Fsp3) is 0.722. The molecule has 2 fully saturated rings. The van der Waals surface area contributed by atoms with Crippen LogP contribution in [0.5, 0.6) is 5.88 Å². The fourth-order valence-corrected chi connectivity index (χ4v) is 3.76. The molecule has 3 heterocycles. The predicted octanol–water partition coefficient (Wildman–Crippen LogP) is 2.16. The van der Waals surface area contributed by atoms with Crippen LogP contribution in [0.1, 0.15) is 32.6 Å². The molecule has 2 aliphatic heterocycles. The van der Waals surface area contributed by atoms with Gasteiger partial charge in [0.25, 0.3) is 0 Å². The van der Waals surface area contributed by atoms with Crippen LogP contribution in [0.4, 0.5) is 5.95 Å². The molecule has 26 heavy (non-hydrogen) atoms. The van der Waals surface area contributed by atoms with Crippen molar-refractivity contribution in [1.29, 1.82) is 0 Å². The van der Waals surface area contributed by atoms with Crippen LogP contribution in [0.2, 0.25) is 0 Å². The molecule has 7 nitrogen and oxygen atoms in total. The number of amides is 1. The molecule has 0 N–H and O–H groups in total. The van der Waals surface area contributed by atoms with Gasteiger partial charge in [-0.25, -0.2) is 4.98 Å². The van der Waals surface area contributed by atoms with E-state index in [1.165, 1.54) is 12.8 Å². The maximum absolute atomic E-state index is 12.5. The SMILES string of the molecule is CCOc1nc(N2CCN(CC(=O)N3CCCCCC3)CC2)ncc1Br. The number of likely N-dealkylation sites (tertiary alicyclic amines) is 1. The molecule has 0 aliphatic carbocycles. The molecule has 0 saturated carbocycles. The molecule has 1 amide bonds. The molecule has 2 aliphatic rings. The zero-order chi connectivity index (χ0) is 18.4. The van der Waals surface area contributed by atoms with Gasteiger partial charge in [-0.05, 0) is 35.7 Å². The predicted molar refractivity (Wildman–Crippen MR) is 105 cm³/mol. The third-order valence-electron chi connectivity index (χ3n) is 4.95. The van der Waals surface area contributed by atoms with Gasteiger partial charge >= 0.3 is 0 Å². The Balaban J connectivity index is 1.51. The molecule has 0 spiro atoms. The molecule has 8 heteroatoms. The Labute approximate surface area is 163 Å². The summed E-state index contributed by atoms with van der Waals surface area (Å²) in [5, 5.41) is 0. The highest BCUT2D eigenvalue weighted by Gasteiger charge is 2.24. The van der Waals surface area contributed by atoms with Gasteiger partial charge < -0.3 is 14.5 Å². The molecule has 0 atom stereocenters. The second-order valence-corrected chi connectivity index (χ2v) is 7.67. The van der Waals surface area contributed by atoms with Crippen LogP contribution in [0.3, 0.4) is 0 Å². The maximum atomic E-state index is 12.5. The molecular formula is C18H28BrN5O2. The summed E-state index contributed by atoms with van der Waals surface area (Å²) >= 11 is 3.42. The molecular weight excluding hydrogens is 398 g/mol. The number of aromatic nitrogens is 2. The highest BCUT2D eigenvalue weighted by molar-refractivity contribution is 9.10. The van der Waals surface area contributed by atoms with E-state index in [4.69, 9.17) is 4.74 Å². The van der Waals surface area contributed by atoms with Crippen LogP contribution in [0.15, 0.2) is 10.7 Å². The third kappa shape index (κ3) is 5.07. The lowest BCUT2D eigenvalue weighted by Gasteiger charge is -2.35. The third-order valence-corrected chi connectivity index (χ3v) is 5.50. The number of hydrogen-bond donors (Lipinski definition) is 0. The van der Waals surface area contributed by atoms with E-state index in [1.807, 2.05) is 11.8 Å². The summed E-state index contributed by atoms with van der Waals surface area (Å²) in [6.07, 6.45) is 6.52. The van der Waals surface area contributed by atoms with Gasteiger partial charge in [-0.2, -0.15) is 4.98 Å². The van der Waals surface area contributed by atoms with Crippen molar-refractivity contribution in [3.05, 3.63) is 10.7 Å². The van der Waals surface area contributed by atoms with Crippen molar-refractivity contribution in [3.8, 4) is 5.88 Å². The molecule has 0 bridgehead atoms. The van der Waals surface area contributed by atoms with E-state index in [9.17, 15) is 4.79 Å². The Morgan fingerprint density at radius 1 is 1.12 bits per heavy atom. The molecule has 0 radical (unpaired) electrons. The number of anilines is 1. The van der Waals surface area contributed by atoms with Crippen molar-refractivity contribution in [2.24, 2.45) is 0 Å². The topological polar surface area (TPSA) is 61.8 Å². The first kappa shape index (κ1) is 19.4. The summed E-state index contributed by atoms with van der Waals surface area (Å²) in [5.74, 6) is 1.55. The van der Waals surface area contributed by atoms with Gasteiger partial charge in [0.2, 0.25) is 17.7 Å². The minimum atomic E-state index is 0.277. The quantitative estimate of drug-likeness (QED) is 0.719. The number of halogens is 1. The van der Waals surface area contributed by atoms with Crippen LogP contribution in [-0.4, -0.2) is 78.1 Å². The Kier molecular flexibility index (Phi) is 7.07. The average molecular weight is 426 g/mol. The van der Waals surface area contributed by atoms with Gasteiger partial charge in [-0.15, -0.1) is 0 Å². The summed E-state index contributed by atoms with van der Waals surface area (Å²) in [6.45, 7) is 8.22. The second-order valence-electron chi connectivity index (χ2n) is 6.81. The molecule has 1 aromatic rings. The zero-order valence-electron chi connectivity index (χ0n) is 15.5. The summed E-state index contributed by atoms with van der Waals surface area (Å²) in [7, 11) is 0. The van der Waals surface area contributed by atoms with Crippen molar-refractivity contribution in [2.75, 3.05) is 57.3 Å². The summed E-state index contributed by atoms with van der Waals surface area (Å²) in [6, 6.07) is 0. The van der Waals surface area contributed by atoms with Crippen LogP contribution in [0.25, 0.3) is 0 Å². The van der Waals surface area contributed by atoms with E-state index < -0.39 is 0 Å². The fourth-order valence-electron chi connectivity index (χ4n) is 3.45. The number of piperazine rings is 1. The van der Waals surface area contributed by atoms with Crippen molar-refractivity contribution in [3.63, 3.8) is 0 Å². The molecule has 3 rings (SSSR count). The normalized spacial score (nSPS) is 19.3. The monoisotopic (exact) mass is 425 g/mol. The van der Waals surface area contributed by atoms with Crippen LogP contribution in [0, 0.1) is 0 Å². The average Bonchev–Trinajstić information content (AvgIpc) is 2.94. The smallest absolute Gasteiger partial charge is 0.236 e. The van der Waals surface area contributed by atoms with Crippen LogP contribution >= 0.6 is 15.9 Å². The largest absolute Gasteiger partial charge is 0.477 e. The summed E-state index contributed by atoms with van der Waals surface area (Å²) in [4.78, 5) is 27.9. The number of carbonyl (C=O) groups is 1. The maximum Gasteiger partial charge on any atom is 0.236 e. The number of ether oxygens (including phenoxy) is 1. The highest BCUT2D eigenvalue weighted by Crippen LogP contribution is 2.24. The Morgan fingerprint density at radius 2 is 1.81 bits per heavy atom. The lowest BCUT2D eigenvalue weighted by Crippen LogP contribution is -2.50. The first-order valence-corrected chi connectivity index (χ1v) is 10.4. The molecule has 0 unspecified atom stereocenters. The molecule has 0 aromatic carbocycles.